The van der Waals surface area contributed by atoms with Crippen molar-refractivity contribution in [2.45, 2.75) is 6.04 Å². The number of halogens is 1. The maximum absolute atomic E-state index is 13.3. The van der Waals surface area contributed by atoms with Crippen molar-refractivity contribution < 1.29 is 14.0 Å². The number of azo groups is 1. The van der Waals surface area contributed by atoms with Gasteiger partial charge in [-0.25, -0.2) is 4.39 Å². The number of carbonyl (C=O) groups is 2. The molecule has 4 nitrogen and oxygen atoms in total. The number of nitrogens with zero attached hydrogens (tertiary/aromatic N) is 2. The van der Waals surface area contributed by atoms with E-state index >= 15 is 0 Å². The number of carbonyl (C=O) groups excluding carboxylic acids is 2. The van der Waals surface area contributed by atoms with Gasteiger partial charge in [0, 0.05) is 17.2 Å². The topological polar surface area (TPSA) is 58.9 Å². The van der Waals surface area contributed by atoms with Gasteiger partial charge in [0.15, 0.2) is 17.6 Å². The SMILES string of the molecule is O=C(c1ccccc1)C(N=Nc1cccc(F)c1)C(=O)c1ccccc1. The van der Waals surface area contributed by atoms with Crippen molar-refractivity contribution in [1.29, 1.82) is 0 Å². The van der Waals surface area contributed by atoms with Gasteiger partial charge in [-0.3, -0.25) is 9.59 Å². The summed E-state index contributed by atoms with van der Waals surface area (Å²) in [6, 6.07) is 21.0. The fourth-order valence-corrected chi connectivity index (χ4v) is 2.41. The Bertz CT molecular complexity index is 889. The molecule has 0 bridgehead atoms. The first-order valence-corrected chi connectivity index (χ1v) is 8.00. The summed E-state index contributed by atoms with van der Waals surface area (Å²) in [4.78, 5) is 25.6. The lowest BCUT2D eigenvalue weighted by Crippen LogP contribution is -2.28. The van der Waals surface area contributed by atoms with Gasteiger partial charge >= 0.3 is 0 Å². The van der Waals surface area contributed by atoms with Crippen LogP contribution in [0.2, 0.25) is 0 Å². The van der Waals surface area contributed by atoms with E-state index in [2.05, 4.69) is 10.2 Å². The Kier molecular flexibility index (Phi) is 5.39. The van der Waals surface area contributed by atoms with Crippen LogP contribution < -0.4 is 0 Å². The van der Waals surface area contributed by atoms with Gasteiger partial charge in [-0.2, -0.15) is 10.2 Å². The van der Waals surface area contributed by atoms with E-state index in [-0.39, 0.29) is 5.69 Å². The first kappa shape index (κ1) is 17.4. The highest BCUT2D eigenvalue weighted by Gasteiger charge is 2.28. The Morgan fingerprint density at radius 2 is 1.27 bits per heavy atom. The Morgan fingerprint density at radius 1 is 0.731 bits per heavy atom. The van der Waals surface area contributed by atoms with Crippen LogP contribution in [0.5, 0.6) is 0 Å². The summed E-state index contributed by atoms with van der Waals surface area (Å²) in [5, 5.41) is 7.85. The lowest BCUT2D eigenvalue weighted by Gasteiger charge is -2.10. The van der Waals surface area contributed by atoms with Gasteiger partial charge in [0.2, 0.25) is 0 Å². The highest BCUT2D eigenvalue weighted by Crippen LogP contribution is 2.18. The summed E-state index contributed by atoms with van der Waals surface area (Å²) in [7, 11) is 0. The maximum atomic E-state index is 13.3. The second kappa shape index (κ2) is 8.07. The molecule has 5 heteroatoms. The number of rotatable bonds is 6. The van der Waals surface area contributed by atoms with Crippen LogP contribution in [0, 0.1) is 5.82 Å². The summed E-state index contributed by atoms with van der Waals surface area (Å²) in [6.45, 7) is 0. The van der Waals surface area contributed by atoms with E-state index in [0.29, 0.717) is 11.1 Å². The van der Waals surface area contributed by atoms with Crippen LogP contribution in [0.15, 0.2) is 95.2 Å². The van der Waals surface area contributed by atoms with Gasteiger partial charge < -0.3 is 0 Å². The molecule has 3 rings (SSSR count). The zero-order valence-corrected chi connectivity index (χ0v) is 13.7. The van der Waals surface area contributed by atoms with Crippen LogP contribution in [0.25, 0.3) is 0 Å². The van der Waals surface area contributed by atoms with E-state index in [1.807, 2.05) is 0 Å². The molecule has 0 saturated carbocycles. The van der Waals surface area contributed by atoms with E-state index in [0.717, 1.165) is 0 Å². The molecule has 0 aliphatic rings. The maximum Gasteiger partial charge on any atom is 0.197 e. The largest absolute Gasteiger partial charge is 0.291 e. The van der Waals surface area contributed by atoms with Crippen LogP contribution in [0.4, 0.5) is 10.1 Å². The Labute approximate surface area is 150 Å². The van der Waals surface area contributed by atoms with E-state index in [1.54, 1.807) is 66.7 Å². The monoisotopic (exact) mass is 346 g/mol. The lowest BCUT2D eigenvalue weighted by molar-refractivity contribution is 0.0861. The molecular weight excluding hydrogens is 331 g/mol. The summed E-state index contributed by atoms with van der Waals surface area (Å²) >= 11 is 0. The van der Waals surface area contributed by atoms with E-state index in [4.69, 9.17) is 0 Å². The molecule has 3 aromatic rings. The van der Waals surface area contributed by atoms with E-state index < -0.39 is 23.4 Å². The zero-order chi connectivity index (χ0) is 18.4. The molecule has 0 radical (unpaired) electrons. The fraction of sp³-hybridized carbons (Fsp3) is 0.0476. The van der Waals surface area contributed by atoms with Crippen LogP contribution in [-0.4, -0.2) is 17.6 Å². The normalized spacial score (nSPS) is 11.0. The second-order valence-corrected chi connectivity index (χ2v) is 5.56. The summed E-state index contributed by atoms with van der Waals surface area (Å²) < 4.78 is 13.3. The first-order valence-electron chi connectivity index (χ1n) is 8.00. The molecule has 0 spiro atoms. The van der Waals surface area contributed by atoms with E-state index in [9.17, 15) is 14.0 Å². The molecule has 128 valence electrons. The Hall–Kier alpha value is -3.47. The van der Waals surface area contributed by atoms with Gasteiger partial charge in [0.05, 0.1) is 5.69 Å². The summed E-state index contributed by atoms with van der Waals surface area (Å²) in [6.07, 6.45) is 0. The minimum absolute atomic E-state index is 0.233. The number of ketones is 2. The summed E-state index contributed by atoms with van der Waals surface area (Å²) in [5.41, 5.74) is 0.955. The number of hydrogen-bond donors (Lipinski definition) is 0. The molecule has 0 atom stereocenters. The average molecular weight is 346 g/mol. The van der Waals surface area contributed by atoms with Gasteiger partial charge in [0.1, 0.15) is 5.82 Å². The second-order valence-electron chi connectivity index (χ2n) is 5.56. The fourth-order valence-electron chi connectivity index (χ4n) is 2.41. The highest BCUT2D eigenvalue weighted by molar-refractivity contribution is 6.19. The molecule has 0 aliphatic carbocycles. The predicted octanol–water partition coefficient (Wildman–Crippen LogP) is 5.04. The third-order valence-corrected chi connectivity index (χ3v) is 3.71. The van der Waals surface area contributed by atoms with Crippen molar-refractivity contribution in [2.75, 3.05) is 0 Å². The molecule has 0 heterocycles. The minimum Gasteiger partial charge on any atom is -0.291 e. The molecule has 3 aromatic carbocycles. The molecule has 0 aromatic heterocycles. The Morgan fingerprint density at radius 3 is 1.77 bits per heavy atom. The number of benzene rings is 3. The van der Waals surface area contributed by atoms with Gasteiger partial charge in [-0.05, 0) is 12.1 Å². The third-order valence-electron chi connectivity index (χ3n) is 3.71. The van der Waals surface area contributed by atoms with E-state index in [1.165, 1.54) is 18.2 Å². The Balaban J connectivity index is 1.96. The quantitative estimate of drug-likeness (QED) is 0.356. The number of hydrogen-bond acceptors (Lipinski definition) is 4. The van der Waals surface area contributed by atoms with Crippen LogP contribution in [-0.2, 0) is 0 Å². The summed E-state index contributed by atoms with van der Waals surface area (Å²) in [5.74, 6) is -1.39. The van der Waals surface area contributed by atoms with Gasteiger partial charge in [-0.1, -0.05) is 66.7 Å². The number of Topliss-reactive ketones (excluding diaryl/α,β-unsaturated/α-hetero) is 2. The standard InChI is InChI=1S/C21H15FN2O2/c22-17-12-7-13-18(14-17)23-24-19(20(25)15-8-3-1-4-9-15)21(26)16-10-5-2-6-11-16/h1-14,19H. The van der Waals surface area contributed by atoms with Crippen molar-refractivity contribution in [3.63, 3.8) is 0 Å². The minimum atomic E-state index is -1.33. The molecule has 0 N–H and O–H groups in total. The molecule has 0 saturated heterocycles. The van der Waals surface area contributed by atoms with Crippen LogP contribution in [0.3, 0.4) is 0 Å². The zero-order valence-electron chi connectivity index (χ0n) is 13.7. The molecule has 0 fully saturated rings. The van der Waals surface area contributed by atoms with Crippen molar-refractivity contribution in [1.82, 2.24) is 0 Å². The highest BCUT2D eigenvalue weighted by atomic mass is 19.1. The smallest absolute Gasteiger partial charge is 0.197 e. The van der Waals surface area contributed by atoms with Crippen molar-refractivity contribution in [2.24, 2.45) is 10.2 Å². The van der Waals surface area contributed by atoms with Crippen molar-refractivity contribution >= 4 is 17.3 Å². The van der Waals surface area contributed by atoms with Crippen molar-refractivity contribution in [3.05, 3.63) is 102 Å². The molecule has 0 amide bonds. The molecular formula is C21H15FN2O2. The van der Waals surface area contributed by atoms with Crippen LogP contribution in [0.1, 0.15) is 20.7 Å². The lowest BCUT2D eigenvalue weighted by atomic mass is 9.97. The third kappa shape index (κ3) is 4.13. The van der Waals surface area contributed by atoms with Gasteiger partial charge in [-0.15, -0.1) is 0 Å². The predicted molar refractivity (Wildman–Crippen MR) is 96.2 cm³/mol. The average Bonchev–Trinajstić information content (AvgIpc) is 2.69. The first-order chi connectivity index (χ1) is 12.6. The van der Waals surface area contributed by atoms with Gasteiger partial charge in [0.25, 0.3) is 0 Å². The van der Waals surface area contributed by atoms with Crippen molar-refractivity contribution in [3.8, 4) is 0 Å². The molecule has 26 heavy (non-hydrogen) atoms. The van der Waals surface area contributed by atoms with Crippen LogP contribution >= 0.6 is 0 Å². The molecule has 0 unspecified atom stereocenters. The molecule has 0 aliphatic heterocycles.